The maximum Gasteiger partial charge on any atom is 0.426 e. The van der Waals surface area contributed by atoms with Crippen molar-refractivity contribution in [1.82, 2.24) is 37.4 Å². The first-order valence-electron chi connectivity index (χ1n) is 27.1. The third kappa shape index (κ3) is 23.9. The molecular weight excluding hydrogens is 1020 g/mol. The Kier molecular flexibility index (Phi) is 26.4. The molecule has 3 aliphatic heterocycles. The first-order valence-corrected chi connectivity index (χ1v) is 27.1. The van der Waals surface area contributed by atoms with Crippen LogP contribution in [0.25, 0.3) is 0 Å². The highest BCUT2D eigenvalue weighted by Crippen LogP contribution is 2.43. The average molecular weight is 1110 g/mol. The standard InChI is InChI=1S/C55H84N10O14/c1-32(2)49(63-51(71)43(59-37(7)66)12-9-10-24-56)52(72)62-44(13-11-25-58-53(57)73)50(70)60-40-19-17-39(18-20-40)30-75-54(74)65-64-48(69)27-42-29-55(31-76-55)28-41(79-42)21-14-33(3)15-22-46-34(4)26-45(36(6)78-46)61-47(68)23-16-35(5)77-38(8)67/h14-21,23,32,34-36,41-46,49H,9-13,22,24-31,56H2,1-8H3,(H,59,66)(H,60,70)(H,61,68)(H,62,72)(H,63,71)(H,64,69)(H,65,74)(H3,57,58,73)/b21-14+,23-16-,33-15+/t34-,35-,36+,41+,42+,43-,44-,45+,46-,49-,55+/m0/s1. The molecule has 0 bridgehead atoms. The Morgan fingerprint density at radius 1 is 0.835 bits per heavy atom. The Morgan fingerprint density at radius 3 is 2.18 bits per heavy atom. The summed E-state index contributed by atoms with van der Waals surface area (Å²) in [5.74, 6) is -3.61. The van der Waals surface area contributed by atoms with Gasteiger partial charge in [0.15, 0.2) is 0 Å². The molecule has 0 aromatic heterocycles. The van der Waals surface area contributed by atoms with E-state index in [1.807, 2.05) is 26.0 Å². The van der Waals surface area contributed by atoms with E-state index in [4.69, 9.17) is 35.2 Å². The molecule has 1 aromatic rings. The number of hydrazine groups is 1. The first-order chi connectivity index (χ1) is 37.4. The summed E-state index contributed by atoms with van der Waals surface area (Å²) in [4.78, 5) is 113. The van der Waals surface area contributed by atoms with E-state index in [1.54, 1.807) is 45.0 Å². The smallest absolute Gasteiger partial charge is 0.426 e. The highest BCUT2D eigenvalue weighted by molar-refractivity contribution is 5.99. The van der Waals surface area contributed by atoms with Gasteiger partial charge in [-0.15, -0.1) is 0 Å². The van der Waals surface area contributed by atoms with Crippen LogP contribution in [-0.4, -0.2) is 134 Å². The van der Waals surface area contributed by atoms with Crippen molar-refractivity contribution in [2.75, 3.05) is 25.0 Å². The van der Waals surface area contributed by atoms with Crippen LogP contribution in [-0.2, 0) is 63.9 Å². The molecule has 0 saturated carbocycles. The molecule has 24 nitrogen and oxygen atoms in total. The third-order valence-electron chi connectivity index (χ3n) is 13.6. The van der Waals surface area contributed by atoms with E-state index in [0.29, 0.717) is 62.9 Å². The monoisotopic (exact) mass is 1110 g/mol. The minimum absolute atomic E-state index is 0.0437. The minimum atomic E-state index is -1.11. The Labute approximate surface area is 462 Å². The number of urea groups is 1. The fourth-order valence-corrected chi connectivity index (χ4v) is 9.20. The van der Waals surface area contributed by atoms with Crippen LogP contribution in [0.4, 0.5) is 15.3 Å². The highest BCUT2D eigenvalue weighted by atomic mass is 16.6. The minimum Gasteiger partial charge on any atom is -0.459 e. The van der Waals surface area contributed by atoms with Crippen LogP contribution in [0.5, 0.6) is 0 Å². The lowest BCUT2D eigenvalue weighted by molar-refractivity contribution is -0.143. The topological polar surface area (TPSA) is 351 Å². The number of hydrogen-bond donors (Lipinski definition) is 10. The molecule has 0 unspecified atom stereocenters. The Hall–Kier alpha value is -6.89. The number of allylic oxidation sites excluding steroid dienone is 2. The molecule has 1 spiro atoms. The molecule has 438 valence electrons. The molecule has 4 rings (SSSR count). The van der Waals surface area contributed by atoms with Crippen LogP contribution in [0.3, 0.4) is 0 Å². The number of benzene rings is 1. The first kappa shape index (κ1) is 64.6. The molecule has 3 saturated heterocycles. The number of primary amides is 1. The average Bonchev–Trinajstić information content (AvgIpc) is 4.13. The highest BCUT2D eigenvalue weighted by Gasteiger charge is 2.51. The van der Waals surface area contributed by atoms with Crippen molar-refractivity contribution >= 4 is 59.2 Å². The van der Waals surface area contributed by atoms with Crippen LogP contribution in [0.1, 0.15) is 125 Å². The zero-order valence-electron chi connectivity index (χ0n) is 46.8. The summed E-state index contributed by atoms with van der Waals surface area (Å²) in [6.45, 7) is 14.7. The number of carbonyl (C=O) groups excluding carboxylic acids is 9. The van der Waals surface area contributed by atoms with Crippen molar-refractivity contribution in [2.45, 2.75) is 186 Å². The van der Waals surface area contributed by atoms with Crippen molar-refractivity contribution in [2.24, 2.45) is 23.3 Å². The maximum atomic E-state index is 13.7. The summed E-state index contributed by atoms with van der Waals surface area (Å²) in [5.41, 5.74) is 17.0. The molecule has 12 N–H and O–H groups in total. The lowest BCUT2D eigenvalue weighted by Crippen LogP contribution is -2.57. The molecule has 0 radical (unpaired) electrons. The molecule has 3 heterocycles. The number of esters is 1. The quantitative estimate of drug-likeness (QED) is 0.0144. The van der Waals surface area contributed by atoms with Gasteiger partial charge in [-0.05, 0) is 108 Å². The molecule has 1 aromatic carbocycles. The van der Waals surface area contributed by atoms with E-state index in [0.717, 1.165) is 12.0 Å². The lowest BCUT2D eigenvalue weighted by Gasteiger charge is -2.39. The van der Waals surface area contributed by atoms with Gasteiger partial charge in [-0.3, -0.25) is 39.0 Å². The normalized spacial score (nSPS) is 23.3. The number of amides is 9. The summed E-state index contributed by atoms with van der Waals surface area (Å²) >= 11 is 0. The van der Waals surface area contributed by atoms with Crippen molar-refractivity contribution < 1.29 is 66.8 Å². The number of rotatable bonds is 28. The second-order valence-electron chi connectivity index (χ2n) is 21.0. The number of unbranched alkanes of at least 4 members (excludes halogenated alkanes) is 1. The van der Waals surface area contributed by atoms with E-state index >= 15 is 0 Å². The second-order valence-corrected chi connectivity index (χ2v) is 21.0. The van der Waals surface area contributed by atoms with E-state index in [9.17, 15) is 43.2 Å². The van der Waals surface area contributed by atoms with Crippen molar-refractivity contribution in [3.05, 3.63) is 65.8 Å². The predicted octanol–water partition coefficient (Wildman–Crippen LogP) is 3.00. The summed E-state index contributed by atoms with van der Waals surface area (Å²) in [5, 5.41) is 16.3. The number of hydrogen-bond acceptors (Lipinski definition) is 15. The van der Waals surface area contributed by atoms with Crippen LogP contribution < -0.4 is 54.2 Å². The molecule has 3 aliphatic rings. The molecule has 24 heteroatoms. The van der Waals surface area contributed by atoms with Crippen molar-refractivity contribution in [3.63, 3.8) is 0 Å². The summed E-state index contributed by atoms with van der Waals surface area (Å²) in [7, 11) is 0. The van der Waals surface area contributed by atoms with Gasteiger partial charge in [-0.1, -0.05) is 56.7 Å². The van der Waals surface area contributed by atoms with Gasteiger partial charge >= 0.3 is 18.1 Å². The molecule has 0 aliphatic carbocycles. The number of nitrogens with one attached hydrogen (secondary N) is 8. The SMILES string of the molecule is CC(=O)N[C@@H](CCCCN)C(=O)N[C@H](C(=O)N[C@@H](CCCNC(N)=O)C(=O)Nc1ccc(COC(=O)NNC(=O)C[C@@H]2C[C@@]3(CO3)C[C@@H](/C=C/C(C)=C/C[C@@H]3O[C@H](C)[C@H](NC(=O)/C=C\[C@H](C)OC(C)=O)C[C@@H]3C)O2)cc1)C(C)C. The molecule has 9 amide bonds. The van der Waals surface area contributed by atoms with Gasteiger partial charge < -0.3 is 67.1 Å². The van der Waals surface area contributed by atoms with Gasteiger partial charge in [0.2, 0.25) is 35.4 Å². The van der Waals surface area contributed by atoms with Crippen LogP contribution in [0.2, 0.25) is 0 Å². The second kappa shape index (κ2) is 32.2. The zero-order chi connectivity index (χ0) is 58.2. The van der Waals surface area contributed by atoms with E-state index < -0.39 is 83.9 Å². The number of nitrogens with two attached hydrogens (primary N) is 2. The number of epoxide rings is 1. The Bertz CT molecular complexity index is 2340. The van der Waals surface area contributed by atoms with E-state index in [1.165, 1.54) is 26.0 Å². The summed E-state index contributed by atoms with van der Waals surface area (Å²) in [6.07, 6.45) is 10.9. The molecule has 11 atom stereocenters. The van der Waals surface area contributed by atoms with Crippen LogP contribution >= 0.6 is 0 Å². The Morgan fingerprint density at radius 2 is 1.53 bits per heavy atom. The van der Waals surface area contributed by atoms with E-state index in [-0.39, 0.29) is 74.2 Å². The molecular formula is C55H84N10O14. The van der Waals surface area contributed by atoms with Gasteiger partial charge in [0, 0.05) is 45.0 Å². The van der Waals surface area contributed by atoms with Gasteiger partial charge in [0.1, 0.15) is 30.8 Å². The van der Waals surface area contributed by atoms with Gasteiger partial charge in [0.05, 0.1) is 49.1 Å². The largest absolute Gasteiger partial charge is 0.459 e. The fourth-order valence-electron chi connectivity index (χ4n) is 9.20. The van der Waals surface area contributed by atoms with Crippen molar-refractivity contribution in [1.29, 1.82) is 0 Å². The van der Waals surface area contributed by atoms with E-state index in [2.05, 4.69) is 55.8 Å². The fraction of sp³-hybridized carbons (Fsp3) is 0.618. The van der Waals surface area contributed by atoms with Crippen LogP contribution in [0, 0.1) is 11.8 Å². The maximum absolute atomic E-state index is 13.7. The van der Waals surface area contributed by atoms with Gasteiger partial charge in [-0.2, -0.15) is 0 Å². The number of anilines is 1. The van der Waals surface area contributed by atoms with Gasteiger partial charge in [-0.25, -0.2) is 15.0 Å². The zero-order valence-corrected chi connectivity index (χ0v) is 46.8. The number of ether oxygens (including phenoxy) is 5. The summed E-state index contributed by atoms with van der Waals surface area (Å²) < 4.78 is 28.8. The predicted molar refractivity (Wildman–Crippen MR) is 292 cm³/mol. The van der Waals surface area contributed by atoms with Gasteiger partial charge in [0.25, 0.3) is 0 Å². The number of carbonyl (C=O) groups is 9. The molecule has 79 heavy (non-hydrogen) atoms. The lowest BCUT2D eigenvalue weighted by atomic mass is 9.88. The summed E-state index contributed by atoms with van der Waals surface area (Å²) in [6, 6.07) is 2.38. The van der Waals surface area contributed by atoms with Crippen molar-refractivity contribution in [3.8, 4) is 0 Å². The van der Waals surface area contributed by atoms with Crippen LogP contribution in [0.15, 0.2) is 60.2 Å². The molecule has 3 fully saturated rings. The third-order valence-corrected chi connectivity index (χ3v) is 13.6. The Balaban J connectivity index is 1.22.